The van der Waals surface area contributed by atoms with Crippen LogP contribution in [0.1, 0.15) is 12.8 Å². The largest absolute Gasteiger partial charge is 0.306 e. The zero-order valence-corrected chi connectivity index (χ0v) is 13.4. The number of piperidine rings is 1. The Labute approximate surface area is 124 Å². The maximum Gasteiger partial charge on any atom is 0.0110 e. The predicted molar refractivity (Wildman–Crippen MR) is 84.1 cm³/mol. The fourth-order valence-electron chi connectivity index (χ4n) is 3.95. The molecule has 0 aliphatic carbocycles. The van der Waals surface area contributed by atoms with Crippen LogP contribution in [0.2, 0.25) is 0 Å². The second kappa shape index (κ2) is 6.73. The van der Waals surface area contributed by atoms with Crippen LogP contribution in [0.25, 0.3) is 0 Å². The van der Waals surface area contributed by atoms with Gasteiger partial charge in [-0.2, -0.15) is 0 Å². The maximum absolute atomic E-state index is 2.71. The van der Waals surface area contributed by atoms with E-state index >= 15 is 0 Å². The van der Waals surface area contributed by atoms with Crippen molar-refractivity contribution in [3.8, 4) is 0 Å². The summed E-state index contributed by atoms with van der Waals surface area (Å²) in [6, 6.07) is 0. The third-order valence-corrected chi connectivity index (χ3v) is 5.50. The molecule has 0 aromatic heterocycles. The van der Waals surface area contributed by atoms with Gasteiger partial charge >= 0.3 is 0 Å². The normalized spacial score (nSPS) is 29.7. The highest BCUT2D eigenvalue weighted by molar-refractivity contribution is 4.86. The van der Waals surface area contributed by atoms with E-state index in [2.05, 4.69) is 33.7 Å². The Morgan fingerprint density at radius 2 is 1.20 bits per heavy atom. The third-order valence-electron chi connectivity index (χ3n) is 5.50. The molecule has 3 saturated heterocycles. The highest BCUT2D eigenvalue weighted by Crippen LogP contribution is 2.23. The predicted octanol–water partition coefficient (Wildman–Crippen LogP) is 0.507. The van der Waals surface area contributed by atoms with E-state index in [1.54, 1.807) is 0 Å². The summed E-state index contributed by atoms with van der Waals surface area (Å²) in [5, 5.41) is 0. The van der Waals surface area contributed by atoms with E-state index in [0.29, 0.717) is 0 Å². The fourth-order valence-corrected chi connectivity index (χ4v) is 3.95. The molecular formula is C16H32N4. The zero-order valence-electron chi connectivity index (χ0n) is 13.4. The van der Waals surface area contributed by atoms with Gasteiger partial charge in [-0.25, -0.2) is 0 Å². The third kappa shape index (κ3) is 3.94. The Kier molecular flexibility index (Phi) is 4.97. The van der Waals surface area contributed by atoms with Crippen molar-refractivity contribution in [1.82, 2.24) is 19.6 Å². The summed E-state index contributed by atoms with van der Waals surface area (Å²) in [6.07, 6.45) is 2.83. The number of likely N-dealkylation sites (N-methyl/N-ethyl adjacent to an activating group) is 1. The lowest BCUT2D eigenvalue weighted by molar-refractivity contribution is 0.0329. The minimum atomic E-state index is 0.949. The zero-order chi connectivity index (χ0) is 13.9. The molecule has 116 valence electrons. The highest BCUT2D eigenvalue weighted by Gasteiger charge is 2.31. The number of rotatable bonds is 4. The van der Waals surface area contributed by atoms with Crippen LogP contribution in [0.5, 0.6) is 0 Å². The lowest BCUT2D eigenvalue weighted by atomic mass is 9.92. The van der Waals surface area contributed by atoms with Crippen LogP contribution in [-0.2, 0) is 0 Å². The molecule has 0 amide bonds. The SMILES string of the molecule is CN1CCC(CN2CC(CN3CCN(C)CC3)C2)CC1. The van der Waals surface area contributed by atoms with Gasteiger partial charge < -0.3 is 19.6 Å². The minimum Gasteiger partial charge on any atom is -0.306 e. The molecule has 0 saturated carbocycles. The van der Waals surface area contributed by atoms with Crippen LogP contribution in [0.15, 0.2) is 0 Å². The molecule has 0 N–H and O–H groups in total. The molecule has 0 spiro atoms. The Hall–Kier alpha value is -0.160. The first kappa shape index (κ1) is 14.8. The number of nitrogens with zero attached hydrogens (tertiary/aromatic N) is 4. The summed E-state index contributed by atoms with van der Waals surface area (Å²) < 4.78 is 0. The monoisotopic (exact) mass is 280 g/mol. The van der Waals surface area contributed by atoms with Crippen molar-refractivity contribution in [1.29, 1.82) is 0 Å². The first-order chi connectivity index (χ1) is 9.69. The van der Waals surface area contributed by atoms with Gasteiger partial charge in [-0.15, -0.1) is 0 Å². The van der Waals surface area contributed by atoms with E-state index in [0.717, 1.165) is 11.8 Å². The highest BCUT2D eigenvalue weighted by atomic mass is 15.3. The smallest absolute Gasteiger partial charge is 0.0110 e. The van der Waals surface area contributed by atoms with Gasteiger partial charge in [-0.05, 0) is 51.9 Å². The van der Waals surface area contributed by atoms with Crippen LogP contribution in [0.4, 0.5) is 0 Å². The molecular weight excluding hydrogens is 248 g/mol. The Balaban J connectivity index is 1.29. The second-order valence-electron chi connectivity index (χ2n) is 7.44. The summed E-state index contributed by atoms with van der Waals surface area (Å²) in [4.78, 5) is 10.3. The van der Waals surface area contributed by atoms with Crippen LogP contribution >= 0.6 is 0 Å². The van der Waals surface area contributed by atoms with Gasteiger partial charge in [0.2, 0.25) is 0 Å². The Morgan fingerprint density at radius 3 is 1.85 bits per heavy atom. The molecule has 3 heterocycles. The van der Waals surface area contributed by atoms with Crippen molar-refractivity contribution < 1.29 is 0 Å². The van der Waals surface area contributed by atoms with Crippen LogP contribution < -0.4 is 0 Å². The summed E-state index contributed by atoms with van der Waals surface area (Å²) in [5.74, 6) is 1.92. The lowest BCUT2D eigenvalue weighted by Crippen LogP contribution is -2.55. The van der Waals surface area contributed by atoms with E-state index in [4.69, 9.17) is 0 Å². The first-order valence-corrected chi connectivity index (χ1v) is 8.51. The molecule has 0 atom stereocenters. The second-order valence-corrected chi connectivity index (χ2v) is 7.44. The van der Waals surface area contributed by atoms with Crippen LogP contribution in [0, 0.1) is 11.8 Å². The summed E-state index contributed by atoms with van der Waals surface area (Å²) in [5.41, 5.74) is 0. The number of hydrogen-bond acceptors (Lipinski definition) is 4. The van der Waals surface area contributed by atoms with E-state index in [9.17, 15) is 0 Å². The molecule has 0 unspecified atom stereocenters. The molecule has 3 rings (SSSR count). The van der Waals surface area contributed by atoms with Gasteiger partial charge in [-0.3, -0.25) is 0 Å². The van der Waals surface area contributed by atoms with Gasteiger partial charge in [0.05, 0.1) is 0 Å². The first-order valence-electron chi connectivity index (χ1n) is 8.51. The average Bonchev–Trinajstić information content (AvgIpc) is 2.41. The van der Waals surface area contributed by atoms with E-state index in [1.165, 1.54) is 78.3 Å². The number of likely N-dealkylation sites (tertiary alicyclic amines) is 2. The molecule has 3 aliphatic heterocycles. The average molecular weight is 280 g/mol. The van der Waals surface area contributed by atoms with Gasteiger partial charge in [0, 0.05) is 52.4 Å². The molecule has 3 aliphatic rings. The molecule has 0 bridgehead atoms. The van der Waals surface area contributed by atoms with Crippen molar-refractivity contribution in [3.63, 3.8) is 0 Å². The Bertz CT molecular complexity index is 259. The van der Waals surface area contributed by atoms with Crippen molar-refractivity contribution >= 4 is 0 Å². The quantitative estimate of drug-likeness (QED) is 0.744. The van der Waals surface area contributed by atoms with E-state index < -0.39 is 0 Å². The fraction of sp³-hybridized carbons (Fsp3) is 1.00. The van der Waals surface area contributed by atoms with Crippen LogP contribution in [0.3, 0.4) is 0 Å². The van der Waals surface area contributed by atoms with Crippen molar-refractivity contribution in [3.05, 3.63) is 0 Å². The maximum atomic E-state index is 2.71. The van der Waals surface area contributed by atoms with Crippen molar-refractivity contribution in [2.75, 3.05) is 79.5 Å². The van der Waals surface area contributed by atoms with E-state index in [-0.39, 0.29) is 0 Å². The molecule has 20 heavy (non-hydrogen) atoms. The molecule has 0 radical (unpaired) electrons. The molecule has 0 aromatic rings. The van der Waals surface area contributed by atoms with Gasteiger partial charge in [0.1, 0.15) is 0 Å². The summed E-state index contributed by atoms with van der Waals surface area (Å²) >= 11 is 0. The molecule has 0 aromatic carbocycles. The van der Waals surface area contributed by atoms with E-state index in [1.807, 2.05) is 0 Å². The standard InChI is InChI=1S/C16H32N4/c1-17-5-3-15(4-6-17)11-20-13-16(14-20)12-19-9-7-18(2)8-10-19/h15-16H,3-14H2,1-2H3. The van der Waals surface area contributed by atoms with Gasteiger partial charge in [0.15, 0.2) is 0 Å². The Morgan fingerprint density at radius 1 is 0.650 bits per heavy atom. The van der Waals surface area contributed by atoms with Gasteiger partial charge in [0.25, 0.3) is 0 Å². The molecule has 4 nitrogen and oxygen atoms in total. The molecule has 3 fully saturated rings. The summed E-state index contributed by atoms with van der Waals surface area (Å²) in [6.45, 7) is 13.1. The lowest BCUT2D eigenvalue weighted by Gasteiger charge is -2.45. The van der Waals surface area contributed by atoms with Crippen LogP contribution in [-0.4, -0.2) is 99.1 Å². The number of hydrogen-bond donors (Lipinski definition) is 0. The van der Waals surface area contributed by atoms with Crippen molar-refractivity contribution in [2.45, 2.75) is 12.8 Å². The number of piperazine rings is 1. The molecule has 4 heteroatoms. The minimum absolute atomic E-state index is 0.949. The topological polar surface area (TPSA) is 13.0 Å². The van der Waals surface area contributed by atoms with Crippen molar-refractivity contribution in [2.24, 2.45) is 11.8 Å². The summed E-state index contributed by atoms with van der Waals surface area (Å²) in [7, 11) is 4.50. The van der Waals surface area contributed by atoms with Gasteiger partial charge in [-0.1, -0.05) is 0 Å².